The van der Waals surface area contributed by atoms with Gasteiger partial charge in [0.1, 0.15) is 0 Å². The number of aromatic nitrogens is 4. The van der Waals surface area contributed by atoms with Gasteiger partial charge in [-0.3, -0.25) is 0 Å². The number of anilines is 1. The molecule has 0 aliphatic rings. The van der Waals surface area contributed by atoms with Crippen LogP contribution in [0.3, 0.4) is 0 Å². The van der Waals surface area contributed by atoms with Gasteiger partial charge in [-0.2, -0.15) is 44.3 Å². The third-order valence-electron chi connectivity index (χ3n) is 6.53. The zero-order valence-corrected chi connectivity index (χ0v) is 22.6. The molecule has 3 aromatic carbocycles. The number of aryl methyl sites for hydroxylation is 1. The molecular weight excluding hydrogens is 593 g/mol. The maximum Gasteiger partial charge on any atom is 0.416 e. The van der Waals surface area contributed by atoms with Crippen molar-refractivity contribution in [2.75, 3.05) is 12.0 Å². The Hall–Kier alpha value is -4.14. The molecule has 15 heteroatoms. The van der Waals surface area contributed by atoms with Crippen molar-refractivity contribution in [3.05, 3.63) is 106 Å². The summed E-state index contributed by atoms with van der Waals surface area (Å²) in [6.07, 6.45) is -15.4. The molecule has 0 N–H and O–H groups in total. The van der Waals surface area contributed by atoms with E-state index in [2.05, 4.69) is 15.4 Å². The third kappa shape index (κ3) is 8.03. The van der Waals surface area contributed by atoms with Gasteiger partial charge in [0.25, 0.3) is 5.95 Å². The van der Waals surface area contributed by atoms with Crippen molar-refractivity contribution in [1.82, 2.24) is 20.2 Å². The largest absolute Gasteiger partial charge is 0.416 e. The summed E-state index contributed by atoms with van der Waals surface area (Å²) in [5, 5.41) is 11.5. The van der Waals surface area contributed by atoms with Crippen LogP contribution in [-0.2, 0) is 49.8 Å². The number of hydrogen-bond acceptors (Lipinski definition) is 5. The van der Waals surface area contributed by atoms with Gasteiger partial charge in [0.2, 0.25) is 0 Å². The first-order valence-electron chi connectivity index (χ1n) is 12.6. The number of tetrazole rings is 1. The number of hydrogen-bond donors (Lipinski definition) is 0. The summed E-state index contributed by atoms with van der Waals surface area (Å²) in [5.41, 5.74) is -3.31. The lowest BCUT2D eigenvalue weighted by molar-refractivity contribution is -0.143. The lowest BCUT2D eigenvalue weighted by atomic mass is 9.94. The predicted octanol–water partition coefficient (Wildman–Crippen LogP) is 7.40. The highest BCUT2D eigenvalue weighted by atomic mass is 19.4. The van der Waals surface area contributed by atoms with E-state index in [9.17, 15) is 39.5 Å². The number of halogens is 9. The summed E-state index contributed by atoms with van der Waals surface area (Å²) < 4.78 is 128. The van der Waals surface area contributed by atoms with Gasteiger partial charge in [-0.25, -0.2) is 0 Å². The van der Waals surface area contributed by atoms with Gasteiger partial charge in [0, 0.05) is 26.6 Å². The van der Waals surface area contributed by atoms with E-state index in [4.69, 9.17) is 4.74 Å². The van der Waals surface area contributed by atoms with Crippen LogP contribution >= 0.6 is 0 Å². The molecule has 4 rings (SSSR count). The Morgan fingerprint density at radius 1 is 0.744 bits per heavy atom. The molecule has 0 saturated heterocycles. The topological polar surface area (TPSA) is 56.1 Å². The molecule has 0 aliphatic carbocycles. The molecular formula is C28H24F9N5O. The first-order chi connectivity index (χ1) is 20.0. The molecule has 1 atom stereocenters. The Morgan fingerprint density at radius 2 is 1.35 bits per heavy atom. The summed E-state index contributed by atoms with van der Waals surface area (Å²) in [6, 6.07) is 13.0. The first-order valence-corrected chi connectivity index (χ1v) is 12.6. The SMILES string of the molecule is COC(Cc1ccccc1)c1ccc(C(F)(F)F)cc1CN(Cc1cc(C(F)(F)F)cc(C(F)(F)F)c1)c1nnn(C)n1. The number of benzene rings is 3. The van der Waals surface area contributed by atoms with Gasteiger partial charge in [-0.15, -0.1) is 5.10 Å². The van der Waals surface area contributed by atoms with E-state index in [-0.39, 0.29) is 24.0 Å². The van der Waals surface area contributed by atoms with E-state index >= 15 is 0 Å². The lowest BCUT2D eigenvalue weighted by Gasteiger charge is -2.26. The molecule has 6 nitrogen and oxygen atoms in total. The van der Waals surface area contributed by atoms with Crippen LogP contribution in [0.25, 0.3) is 0 Å². The van der Waals surface area contributed by atoms with Gasteiger partial charge >= 0.3 is 18.5 Å². The summed E-state index contributed by atoms with van der Waals surface area (Å²) in [5.74, 6) is -0.228. The van der Waals surface area contributed by atoms with E-state index < -0.39 is 60.0 Å². The van der Waals surface area contributed by atoms with E-state index in [0.717, 1.165) is 27.4 Å². The minimum absolute atomic E-state index is 0.00785. The Bertz CT molecular complexity index is 1500. The van der Waals surface area contributed by atoms with Crippen LogP contribution in [0.2, 0.25) is 0 Å². The van der Waals surface area contributed by atoms with Gasteiger partial charge in [0.15, 0.2) is 0 Å². The molecule has 0 fully saturated rings. The molecule has 0 amide bonds. The summed E-state index contributed by atoms with van der Waals surface area (Å²) in [7, 11) is 2.75. The van der Waals surface area contributed by atoms with E-state index in [1.807, 2.05) is 0 Å². The summed E-state index contributed by atoms with van der Waals surface area (Å²) in [6.45, 7) is -1.05. The predicted molar refractivity (Wildman–Crippen MR) is 136 cm³/mol. The van der Waals surface area contributed by atoms with Gasteiger partial charge in [-0.05, 0) is 57.8 Å². The molecule has 230 valence electrons. The van der Waals surface area contributed by atoms with Crippen molar-refractivity contribution in [3.8, 4) is 0 Å². The van der Waals surface area contributed by atoms with Gasteiger partial charge in [-0.1, -0.05) is 41.5 Å². The lowest BCUT2D eigenvalue weighted by Crippen LogP contribution is -2.26. The molecule has 1 aromatic heterocycles. The molecule has 0 bridgehead atoms. The van der Waals surface area contributed by atoms with Crippen LogP contribution in [0.5, 0.6) is 0 Å². The third-order valence-corrected chi connectivity index (χ3v) is 6.53. The van der Waals surface area contributed by atoms with Crippen molar-refractivity contribution in [3.63, 3.8) is 0 Å². The molecule has 0 aliphatic heterocycles. The number of alkyl halides is 9. The van der Waals surface area contributed by atoms with Crippen molar-refractivity contribution in [2.24, 2.45) is 7.05 Å². The fourth-order valence-electron chi connectivity index (χ4n) is 4.52. The molecule has 0 saturated carbocycles. The molecule has 0 radical (unpaired) electrons. The van der Waals surface area contributed by atoms with E-state index in [1.165, 1.54) is 20.2 Å². The molecule has 1 heterocycles. The monoisotopic (exact) mass is 617 g/mol. The summed E-state index contributed by atoms with van der Waals surface area (Å²) >= 11 is 0. The van der Waals surface area contributed by atoms with Gasteiger partial charge in [0.05, 0.1) is 29.8 Å². The van der Waals surface area contributed by atoms with Crippen LogP contribution < -0.4 is 4.90 Å². The number of nitrogens with zero attached hydrogens (tertiary/aromatic N) is 5. The summed E-state index contributed by atoms with van der Waals surface area (Å²) in [4.78, 5) is 2.15. The standard InChI is InChI=1S/C28H24F9N5O/c1-41-39-25(38-40-41)42(15-18-10-21(27(32,33)34)14-22(11-18)28(35,36)37)16-19-13-20(26(29,30)31)8-9-23(19)24(43-2)12-17-6-4-3-5-7-17/h3-11,13-14,24H,12,15-16H2,1-2H3. The Morgan fingerprint density at radius 3 is 1.86 bits per heavy atom. The molecule has 43 heavy (non-hydrogen) atoms. The van der Waals surface area contributed by atoms with Crippen molar-refractivity contribution < 1.29 is 44.3 Å². The van der Waals surface area contributed by atoms with Gasteiger partial charge < -0.3 is 9.64 Å². The Balaban J connectivity index is 1.81. The minimum Gasteiger partial charge on any atom is -0.376 e. The molecule has 1 unspecified atom stereocenters. The number of rotatable bonds is 9. The highest BCUT2D eigenvalue weighted by molar-refractivity contribution is 5.42. The number of methoxy groups -OCH3 is 1. The van der Waals surface area contributed by atoms with Crippen LogP contribution in [-0.4, -0.2) is 27.3 Å². The Kier molecular flexibility index (Phi) is 9.04. The minimum atomic E-state index is -5.09. The van der Waals surface area contributed by atoms with E-state index in [1.54, 1.807) is 30.3 Å². The highest BCUT2D eigenvalue weighted by Gasteiger charge is 2.37. The number of ether oxygens (including phenoxy) is 1. The van der Waals surface area contributed by atoms with E-state index in [0.29, 0.717) is 17.7 Å². The smallest absolute Gasteiger partial charge is 0.376 e. The zero-order chi connectivity index (χ0) is 31.6. The van der Waals surface area contributed by atoms with Crippen LogP contribution in [0.15, 0.2) is 66.7 Å². The normalized spacial score (nSPS) is 13.3. The maximum absolute atomic E-state index is 13.8. The second kappa shape index (κ2) is 12.2. The molecule has 4 aromatic rings. The zero-order valence-electron chi connectivity index (χ0n) is 22.6. The fourth-order valence-corrected chi connectivity index (χ4v) is 4.52. The maximum atomic E-state index is 13.8. The first kappa shape index (κ1) is 31.8. The van der Waals surface area contributed by atoms with Crippen LogP contribution in [0, 0.1) is 0 Å². The molecule has 0 spiro atoms. The van der Waals surface area contributed by atoms with Crippen LogP contribution in [0.4, 0.5) is 45.5 Å². The average molecular weight is 618 g/mol. The van der Waals surface area contributed by atoms with Crippen LogP contribution in [0.1, 0.15) is 45.0 Å². The fraction of sp³-hybridized carbons (Fsp3) is 0.321. The van der Waals surface area contributed by atoms with Crippen molar-refractivity contribution in [2.45, 2.75) is 44.1 Å². The van der Waals surface area contributed by atoms with Crippen molar-refractivity contribution in [1.29, 1.82) is 0 Å². The highest BCUT2D eigenvalue weighted by Crippen LogP contribution is 2.38. The average Bonchev–Trinajstić information content (AvgIpc) is 3.36. The second-order valence-corrected chi connectivity index (χ2v) is 9.67. The van der Waals surface area contributed by atoms with Crippen molar-refractivity contribution >= 4 is 5.95 Å². The quantitative estimate of drug-likeness (QED) is 0.183. The second-order valence-electron chi connectivity index (χ2n) is 9.67. The Labute approximate surface area is 239 Å².